The Balaban J connectivity index is 1.24. The summed E-state index contributed by atoms with van der Waals surface area (Å²) in [6.45, 7) is 4.70. The van der Waals surface area contributed by atoms with Crippen molar-refractivity contribution in [1.82, 2.24) is 0 Å². The molecule has 9 aromatic rings. The summed E-state index contributed by atoms with van der Waals surface area (Å²) in [5, 5.41) is 7.38. The average molecular weight is 608 g/mol. The molecule has 0 bridgehead atoms. The van der Waals surface area contributed by atoms with Gasteiger partial charge in [0.25, 0.3) is 0 Å². The fourth-order valence-electron chi connectivity index (χ4n) is 7.79. The maximum Gasteiger partial charge on any atom is 0.137 e. The number of hydrogen-bond donors (Lipinski definition) is 0. The second kappa shape index (κ2) is 9.32. The van der Waals surface area contributed by atoms with Crippen molar-refractivity contribution in [3.05, 3.63) is 151 Å². The summed E-state index contributed by atoms with van der Waals surface area (Å²) in [5.41, 5.74) is 10.5. The molecule has 0 spiro atoms. The van der Waals surface area contributed by atoms with Crippen molar-refractivity contribution in [2.24, 2.45) is 0 Å². The van der Waals surface area contributed by atoms with E-state index in [4.69, 9.17) is 4.42 Å². The third-order valence-corrected chi connectivity index (χ3v) is 11.2. The average Bonchev–Trinajstić information content (AvgIpc) is 3.71. The summed E-state index contributed by atoms with van der Waals surface area (Å²) < 4.78 is 9.04. The Bertz CT molecular complexity index is 2690. The minimum atomic E-state index is -0.0989. The van der Waals surface area contributed by atoms with Crippen molar-refractivity contribution in [2.45, 2.75) is 19.3 Å². The molecule has 0 N–H and O–H groups in total. The predicted octanol–water partition coefficient (Wildman–Crippen LogP) is 12.9. The highest BCUT2D eigenvalue weighted by atomic mass is 32.1. The van der Waals surface area contributed by atoms with Gasteiger partial charge in [0.2, 0.25) is 0 Å². The topological polar surface area (TPSA) is 16.4 Å². The standard InChI is InChI=1S/C43H29NOS/c1-43(2)36-14-6-3-11-29(36)30-20-18-27(23-37(30)43)44(28-19-21-32-31-12-4-7-16-39(31)45-40(32)24-28)38-15-9-10-26-22-35-33-13-5-8-17-41(33)46-42(35)25-34(26)38/h3-25H,1-2H3. The molecule has 2 nitrogen and oxygen atoms in total. The molecule has 0 saturated heterocycles. The molecule has 2 aromatic heterocycles. The maximum absolute atomic E-state index is 6.42. The smallest absolute Gasteiger partial charge is 0.137 e. The molecule has 0 radical (unpaired) electrons. The van der Waals surface area contributed by atoms with E-state index in [2.05, 4.69) is 146 Å². The summed E-state index contributed by atoms with van der Waals surface area (Å²) in [4.78, 5) is 2.42. The molecule has 0 atom stereocenters. The molecular weight excluding hydrogens is 579 g/mol. The Morgan fingerprint density at radius 2 is 1.24 bits per heavy atom. The molecule has 0 saturated carbocycles. The van der Waals surface area contributed by atoms with Crippen LogP contribution in [0.2, 0.25) is 0 Å². The van der Waals surface area contributed by atoms with Crippen molar-refractivity contribution >= 4 is 81.3 Å². The molecule has 0 aliphatic heterocycles. The molecule has 10 rings (SSSR count). The quantitative estimate of drug-likeness (QED) is 0.199. The van der Waals surface area contributed by atoms with Crippen molar-refractivity contribution in [1.29, 1.82) is 0 Å². The lowest BCUT2D eigenvalue weighted by Gasteiger charge is -2.29. The van der Waals surface area contributed by atoms with Crippen LogP contribution in [0.4, 0.5) is 17.1 Å². The molecule has 46 heavy (non-hydrogen) atoms. The lowest BCUT2D eigenvalue weighted by molar-refractivity contribution is 0.660. The first-order valence-electron chi connectivity index (χ1n) is 15.8. The Kier molecular flexibility index (Phi) is 5.25. The molecule has 7 aromatic carbocycles. The zero-order valence-corrected chi connectivity index (χ0v) is 26.4. The van der Waals surface area contributed by atoms with Crippen LogP contribution in [0.5, 0.6) is 0 Å². The van der Waals surface area contributed by atoms with E-state index < -0.39 is 0 Å². The van der Waals surface area contributed by atoms with Gasteiger partial charge in [0.15, 0.2) is 0 Å². The third-order valence-electron chi connectivity index (χ3n) is 10.0. The first-order chi connectivity index (χ1) is 22.5. The summed E-state index contributed by atoms with van der Waals surface area (Å²) in [5.74, 6) is 0. The van der Waals surface area contributed by atoms with Crippen LogP contribution in [-0.4, -0.2) is 0 Å². The van der Waals surface area contributed by atoms with Crippen LogP contribution in [-0.2, 0) is 5.41 Å². The number of para-hydroxylation sites is 1. The molecule has 2 heterocycles. The first-order valence-corrected chi connectivity index (χ1v) is 16.7. The minimum Gasteiger partial charge on any atom is -0.456 e. The molecule has 0 fully saturated rings. The summed E-state index contributed by atoms with van der Waals surface area (Å²) in [6.07, 6.45) is 0. The van der Waals surface area contributed by atoms with Crippen LogP contribution >= 0.6 is 11.3 Å². The Morgan fingerprint density at radius 3 is 2.17 bits per heavy atom. The van der Waals surface area contributed by atoms with Crippen LogP contribution in [0.15, 0.2) is 144 Å². The highest BCUT2D eigenvalue weighted by Crippen LogP contribution is 2.51. The van der Waals surface area contributed by atoms with Gasteiger partial charge in [-0.15, -0.1) is 11.3 Å². The molecule has 1 aliphatic rings. The fourth-order valence-corrected chi connectivity index (χ4v) is 8.91. The van der Waals surface area contributed by atoms with Gasteiger partial charge in [-0.05, 0) is 82.2 Å². The van der Waals surface area contributed by atoms with Gasteiger partial charge in [0.05, 0.1) is 5.69 Å². The van der Waals surface area contributed by atoms with Crippen LogP contribution in [0.1, 0.15) is 25.0 Å². The van der Waals surface area contributed by atoms with Gasteiger partial charge in [0, 0.05) is 59.2 Å². The number of thiophene rings is 1. The lowest BCUT2D eigenvalue weighted by atomic mass is 9.82. The number of nitrogens with zero attached hydrogens (tertiary/aromatic N) is 1. The van der Waals surface area contributed by atoms with Crippen LogP contribution < -0.4 is 4.90 Å². The number of rotatable bonds is 3. The largest absolute Gasteiger partial charge is 0.456 e. The van der Waals surface area contributed by atoms with E-state index in [0.29, 0.717) is 0 Å². The summed E-state index contributed by atoms with van der Waals surface area (Å²) in [6, 6.07) is 51.0. The fraction of sp³-hybridized carbons (Fsp3) is 0.0698. The normalized spacial score (nSPS) is 13.6. The van der Waals surface area contributed by atoms with E-state index in [-0.39, 0.29) is 5.41 Å². The van der Waals surface area contributed by atoms with Gasteiger partial charge in [-0.3, -0.25) is 0 Å². The van der Waals surface area contributed by atoms with E-state index in [1.165, 1.54) is 53.2 Å². The molecular formula is C43H29NOS. The number of hydrogen-bond acceptors (Lipinski definition) is 3. The number of benzene rings is 7. The van der Waals surface area contributed by atoms with Crippen molar-refractivity contribution in [3.63, 3.8) is 0 Å². The maximum atomic E-state index is 6.42. The van der Waals surface area contributed by atoms with E-state index >= 15 is 0 Å². The van der Waals surface area contributed by atoms with E-state index in [1.54, 1.807) is 0 Å². The van der Waals surface area contributed by atoms with Gasteiger partial charge >= 0.3 is 0 Å². The molecule has 218 valence electrons. The van der Waals surface area contributed by atoms with Crippen LogP contribution in [0, 0.1) is 0 Å². The molecule has 0 unspecified atom stereocenters. The van der Waals surface area contributed by atoms with E-state index in [1.807, 2.05) is 23.5 Å². The van der Waals surface area contributed by atoms with Gasteiger partial charge < -0.3 is 9.32 Å². The van der Waals surface area contributed by atoms with Crippen molar-refractivity contribution in [3.8, 4) is 11.1 Å². The van der Waals surface area contributed by atoms with Crippen LogP contribution in [0.3, 0.4) is 0 Å². The Hall–Kier alpha value is -5.38. The zero-order valence-electron chi connectivity index (χ0n) is 25.5. The lowest BCUT2D eigenvalue weighted by Crippen LogP contribution is -2.16. The summed E-state index contributed by atoms with van der Waals surface area (Å²) in [7, 11) is 0. The van der Waals surface area contributed by atoms with Gasteiger partial charge in [0.1, 0.15) is 11.2 Å². The molecule has 0 amide bonds. The van der Waals surface area contributed by atoms with Crippen molar-refractivity contribution in [2.75, 3.05) is 4.90 Å². The monoisotopic (exact) mass is 607 g/mol. The number of furan rings is 1. The molecule has 1 aliphatic carbocycles. The van der Waals surface area contributed by atoms with Gasteiger partial charge in [-0.25, -0.2) is 0 Å². The van der Waals surface area contributed by atoms with Gasteiger partial charge in [-0.1, -0.05) is 92.7 Å². The Labute approximate surface area is 270 Å². The molecule has 3 heteroatoms. The van der Waals surface area contributed by atoms with Crippen LogP contribution in [0.25, 0.3) is 64.0 Å². The third kappa shape index (κ3) is 3.58. The first kappa shape index (κ1) is 25.9. The van der Waals surface area contributed by atoms with E-state index in [9.17, 15) is 0 Å². The highest BCUT2D eigenvalue weighted by molar-refractivity contribution is 7.25. The SMILES string of the molecule is CC1(C)c2ccccc2-c2ccc(N(c3ccc4c(c3)oc3ccccc34)c3cccc4cc5c(cc34)sc3ccccc35)cc21. The number of fused-ring (bicyclic) bond motifs is 10. The van der Waals surface area contributed by atoms with Gasteiger partial charge in [-0.2, -0.15) is 0 Å². The van der Waals surface area contributed by atoms with Crippen molar-refractivity contribution < 1.29 is 4.42 Å². The second-order valence-electron chi connectivity index (χ2n) is 13.0. The number of anilines is 3. The summed E-state index contributed by atoms with van der Waals surface area (Å²) >= 11 is 1.87. The highest BCUT2D eigenvalue weighted by Gasteiger charge is 2.35. The zero-order chi connectivity index (χ0) is 30.6. The predicted molar refractivity (Wildman–Crippen MR) is 196 cm³/mol. The minimum absolute atomic E-state index is 0.0989. The van der Waals surface area contributed by atoms with E-state index in [0.717, 1.165) is 39.0 Å². The second-order valence-corrected chi connectivity index (χ2v) is 14.0. The Morgan fingerprint density at radius 1 is 0.500 bits per heavy atom.